The number of hydrogen-bond donors (Lipinski definition) is 1. The molecule has 2 aromatic heterocycles. The second kappa shape index (κ2) is 4.16. The number of imidazole rings is 1. The molecule has 2 heterocycles. The lowest BCUT2D eigenvalue weighted by atomic mass is 10.4. The van der Waals surface area contributed by atoms with Gasteiger partial charge in [0.1, 0.15) is 5.69 Å². The Kier molecular flexibility index (Phi) is 2.70. The predicted octanol–water partition coefficient (Wildman–Crippen LogP) is 1.40. The summed E-state index contributed by atoms with van der Waals surface area (Å²) in [6.07, 6.45) is 6.14. The number of hydrogen-bond acceptors (Lipinski definition) is 3. The maximum atomic E-state index is 4.13. The van der Waals surface area contributed by atoms with Crippen LogP contribution in [0.3, 0.4) is 0 Å². The SMILES string of the molecule is SCCC#Cc1cnc2ncccn12. The predicted molar refractivity (Wildman–Crippen MR) is 58.3 cm³/mol. The van der Waals surface area contributed by atoms with E-state index in [0.717, 1.165) is 17.9 Å². The zero-order valence-electron chi connectivity index (χ0n) is 7.51. The highest BCUT2D eigenvalue weighted by Crippen LogP contribution is 2.01. The Morgan fingerprint density at radius 3 is 3.21 bits per heavy atom. The molecular formula is C10H9N3S. The highest BCUT2D eigenvalue weighted by Gasteiger charge is 1.98. The van der Waals surface area contributed by atoms with Gasteiger partial charge in [-0.05, 0) is 12.0 Å². The van der Waals surface area contributed by atoms with Gasteiger partial charge >= 0.3 is 0 Å². The van der Waals surface area contributed by atoms with Crippen LogP contribution in [0.1, 0.15) is 12.1 Å². The number of nitrogens with zero attached hydrogens (tertiary/aromatic N) is 3. The van der Waals surface area contributed by atoms with Crippen LogP contribution in [-0.2, 0) is 0 Å². The lowest BCUT2D eigenvalue weighted by Crippen LogP contribution is -1.88. The molecule has 2 rings (SSSR count). The molecule has 0 aliphatic carbocycles. The topological polar surface area (TPSA) is 30.2 Å². The smallest absolute Gasteiger partial charge is 0.234 e. The van der Waals surface area contributed by atoms with Gasteiger partial charge in [-0.2, -0.15) is 12.6 Å². The van der Waals surface area contributed by atoms with E-state index in [0.29, 0.717) is 5.78 Å². The van der Waals surface area contributed by atoms with Crippen LogP contribution in [0.5, 0.6) is 0 Å². The molecule has 0 N–H and O–H groups in total. The molecule has 70 valence electrons. The summed E-state index contributed by atoms with van der Waals surface area (Å²) in [5.74, 6) is 7.51. The molecule has 0 atom stereocenters. The van der Waals surface area contributed by atoms with Gasteiger partial charge in [-0.1, -0.05) is 5.92 Å². The molecule has 0 amide bonds. The Morgan fingerprint density at radius 1 is 1.43 bits per heavy atom. The van der Waals surface area contributed by atoms with Gasteiger partial charge in [0.25, 0.3) is 0 Å². The van der Waals surface area contributed by atoms with E-state index in [-0.39, 0.29) is 0 Å². The quantitative estimate of drug-likeness (QED) is 0.561. The highest BCUT2D eigenvalue weighted by atomic mass is 32.1. The first-order valence-electron chi connectivity index (χ1n) is 4.29. The summed E-state index contributed by atoms with van der Waals surface area (Å²) >= 11 is 4.09. The highest BCUT2D eigenvalue weighted by molar-refractivity contribution is 7.80. The molecule has 2 aromatic rings. The Labute approximate surface area is 87.6 Å². The van der Waals surface area contributed by atoms with Gasteiger partial charge < -0.3 is 0 Å². The van der Waals surface area contributed by atoms with Crippen molar-refractivity contribution in [3.8, 4) is 11.8 Å². The molecule has 0 bridgehead atoms. The Morgan fingerprint density at radius 2 is 2.36 bits per heavy atom. The average Bonchev–Trinajstić information content (AvgIpc) is 2.63. The Hall–Kier alpha value is -1.47. The van der Waals surface area contributed by atoms with Gasteiger partial charge in [-0.3, -0.25) is 4.40 Å². The van der Waals surface area contributed by atoms with Gasteiger partial charge in [0.15, 0.2) is 0 Å². The molecule has 0 aromatic carbocycles. The van der Waals surface area contributed by atoms with Crippen molar-refractivity contribution >= 4 is 18.4 Å². The minimum atomic E-state index is 0.683. The molecule has 0 fully saturated rings. The van der Waals surface area contributed by atoms with Crippen molar-refractivity contribution in [1.29, 1.82) is 0 Å². The minimum Gasteiger partial charge on any atom is -0.277 e. The lowest BCUT2D eigenvalue weighted by molar-refractivity contribution is 1.09. The van der Waals surface area contributed by atoms with Crippen LogP contribution in [0.15, 0.2) is 24.7 Å². The maximum Gasteiger partial charge on any atom is 0.234 e. The zero-order chi connectivity index (χ0) is 9.80. The summed E-state index contributed by atoms with van der Waals surface area (Å²) in [4.78, 5) is 8.23. The molecule has 0 radical (unpaired) electrons. The van der Waals surface area contributed by atoms with E-state index < -0.39 is 0 Å². The van der Waals surface area contributed by atoms with Crippen molar-refractivity contribution in [2.45, 2.75) is 6.42 Å². The molecule has 0 aliphatic rings. The van der Waals surface area contributed by atoms with Gasteiger partial charge in [-0.15, -0.1) is 0 Å². The molecular weight excluding hydrogens is 194 g/mol. The Balaban J connectivity index is 2.40. The summed E-state index contributed by atoms with van der Waals surface area (Å²) in [5, 5.41) is 0. The van der Waals surface area contributed by atoms with Crippen molar-refractivity contribution in [2.75, 3.05) is 5.75 Å². The third-order valence-corrected chi connectivity index (χ3v) is 1.97. The van der Waals surface area contributed by atoms with Gasteiger partial charge in [0.2, 0.25) is 5.78 Å². The summed E-state index contributed by atoms with van der Waals surface area (Å²) in [5.41, 5.74) is 0.870. The van der Waals surface area contributed by atoms with Crippen LogP contribution in [0, 0.1) is 11.8 Å². The van der Waals surface area contributed by atoms with E-state index in [4.69, 9.17) is 0 Å². The number of rotatable bonds is 1. The van der Waals surface area contributed by atoms with Gasteiger partial charge in [0, 0.05) is 24.6 Å². The normalized spacial score (nSPS) is 9.79. The molecule has 14 heavy (non-hydrogen) atoms. The second-order valence-corrected chi connectivity index (χ2v) is 3.16. The minimum absolute atomic E-state index is 0.683. The van der Waals surface area contributed by atoms with E-state index in [2.05, 4.69) is 34.4 Å². The summed E-state index contributed by atoms with van der Waals surface area (Å²) in [6.45, 7) is 0. The summed E-state index contributed by atoms with van der Waals surface area (Å²) in [6, 6.07) is 1.86. The number of fused-ring (bicyclic) bond motifs is 1. The molecule has 3 nitrogen and oxygen atoms in total. The summed E-state index contributed by atoms with van der Waals surface area (Å²) < 4.78 is 1.87. The molecule has 4 heteroatoms. The van der Waals surface area contributed by atoms with Gasteiger partial charge in [-0.25, -0.2) is 9.97 Å². The standard InChI is InChI=1S/C10H9N3S/c14-7-2-1-4-9-8-12-10-11-5-3-6-13(9)10/h3,5-6,8,14H,2,7H2. The largest absolute Gasteiger partial charge is 0.277 e. The van der Waals surface area contributed by atoms with Crippen molar-refractivity contribution in [1.82, 2.24) is 14.4 Å². The first kappa shape index (κ1) is 9.10. The monoisotopic (exact) mass is 203 g/mol. The fourth-order valence-electron chi connectivity index (χ4n) is 1.13. The molecule has 0 spiro atoms. The van der Waals surface area contributed by atoms with Gasteiger partial charge in [0.05, 0.1) is 6.20 Å². The molecule has 0 saturated heterocycles. The fraction of sp³-hybridized carbons (Fsp3) is 0.200. The van der Waals surface area contributed by atoms with Crippen molar-refractivity contribution in [3.63, 3.8) is 0 Å². The Bertz CT molecular complexity index is 493. The zero-order valence-corrected chi connectivity index (χ0v) is 8.41. The second-order valence-electron chi connectivity index (χ2n) is 2.71. The van der Waals surface area contributed by atoms with E-state index in [1.807, 2.05) is 16.7 Å². The first-order chi connectivity index (χ1) is 6.92. The van der Waals surface area contributed by atoms with E-state index in [1.54, 1.807) is 12.4 Å². The van der Waals surface area contributed by atoms with Crippen LogP contribution in [0.4, 0.5) is 0 Å². The van der Waals surface area contributed by atoms with Crippen LogP contribution in [0.25, 0.3) is 5.78 Å². The van der Waals surface area contributed by atoms with Crippen molar-refractivity contribution < 1.29 is 0 Å². The maximum absolute atomic E-state index is 4.13. The molecule has 0 saturated carbocycles. The summed E-state index contributed by atoms with van der Waals surface area (Å²) in [7, 11) is 0. The average molecular weight is 203 g/mol. The lowest BCUT2D eigenvalue weighted by Gasteiger charge is -1.91. The third kappa shape index (κ3) is 1.73. The van der Waals surface area contributed by atoms with Crippen LogP contribution >= 0.6 is 12.6 Å². The number of aromatic nitrogens is 3. The third-order valence-electron chi connectivity index (χ3n) is 1.74. The fourth-order valence-corrected chi connectivity index (χ4v) is 1.24. The van der Waals surface area contributed by atoms with Crippen molar-refractivity contribution in [2.24, 2.45) is 0 Å². The van der Waals surface area contributed by atoms with Crippen LogP contribution in [0.2, 0.25) is 0 Å². The van der Waals surface area contributed by atoms with Crippen LogP contribution in [-0.4, -0.2) is 20.1 Å². The first-order valence-corrected chi connectivity index (χ1v) is 4.93. The van der Waals surface area contributed by atoms with E-state index >= 15 is 0 Å². The number of thiol groups is 1. The molecule has 0 unspecified atom stereocenters. The van der Waals surface area contributed by atoms with E-state index in [1.165, 1.54) is 0 Å². The van der Waals surface area contributed by atoms with Crippen LogP contribution < -0.4 is 0 Å². The van der Waals surface area contributed by atoms with Crippen molar-refractivity contribution in [3.05, 3.63) is 30.4 Å². The van der Waals surface area contributed by atoms with E-state index in [9.17, 15) is 0 Å². The molecule has 0 aliphatic heterocycles.